The maximum atomic E-state index is 5.99. The molecule has 0 atom stereocenters. The summed E-state index contributed by atoms with van der Waals surface area (Å²) in [6, 6.07) is 4.44. The number of thiophene rings is 1. The van der Waals surface area contributed by atoms with Gasteiger partial charge in [-0.25, -0.2) is 4.98 Å². The van der Waals surface area contributed by atoms with Gasteiger partial charge in [0.1, 0.15) is 5.02 Å². The third-order valence-corrected chi connectivity index (χ3v) is 4.16. The molecule has 0 aliphatic heterocycles. The molecular formula is C11H11BrClN3OS. The second kappa shape index (κ2) is 6.36. The number of rotatable bonds is 5. The Bertz CT molecular complexity index is 535. The molecule has 2 heterocycles. The van der Waals surface area contributed by atoms with Gasteiger partial charge in [-0.1, -0.05) is 11.6 Å². The largest absolute Gasteiger partial charge is 0.467 e. The zero-order valence-electron chi connectivity index (χ0n) is 9.61. The lowest BCUT2D eigenvalue weighted by Gasteiger charge is -2.07. The molecule has 0 radical (unpaired) electrons. The van der Waals surface area contributed by atoms with Crippen LogP contribution >= 0.6 is 38.9 Å². The average molecular weight is 349 g/mol. The Morgan fingerprint density at radius 2 is 2.33 bits per heavy atom. The van der Waals surface area contributed by atoms with Crippen molar-refractivity contribution in [2.24, 2.45) is 0 Å². The van der Waals surface area contributed by atoms with Crippen LogP contribution in [0.15, 0.2) is 22.1 Å². The Labute approximate surface area is 122 Å². The molecule has 0 fully saturated rings. The van der Waals surface area contributed by atoms with Gasteiger partial charge < -0.3 is 10.1 Å². The fourth-order valence-corrected chi connectivity index (χ4v) is 3.00. The van der Waals surface area contributed by atoms with E-state index in [0.29, 0.717) is 16.9 Å². The van der Waals surface area contributed by atoms with Crippen molar-refractivity contribution in [3.8, 4) is 6.01 Å². The Kier molecular flexibility index (Phi) is 4.79. The lowest BCUT2D eigenvalue weighted by atomic mass is 10.3. The number of hydrogen-bond acceptors (Lipinski definition) is 5. The normalized spacial score (nSPS) is 10.4. The van der Waals surface area contributed by atoms with Crippen LogP contribution in [0.5, 0.6) is 6.01 Å². The zero-order chi connectivity index (χ0) is 13.0. The molecule has 0 saturated heterocycles. The number of hydrogen-bond donors (Lipinski definition) is 1. The van der Waals surface area contributed by atoms with E-state index >= 15 is 0 Å². The van der Waals surface area contributed by atoms with Gasteiger partial charge in [-0.3, -0.25) is 0 Å². The third kappa shape index (κ3) is 3.57. The summed E-state index contributed by atoms with van der Waals surface area (Å²) in [4.78, 5) is 9.36. The Morgan fingerprint density at radius 1 is 1.50 bits per heavy atom. The minimum Gasteiger partial charge on any atom is -0.467 e. The fraction of sp³-hybridized carbons (Fsp3) is 0.273. The van der Waals surface area contributed by atoms with E-state index in [1.165, 1.54) is 18.2 Å². The molecule has 0 unspecified atom stereocenters. The maximum Gasteiger partial charge on any atom is 0.318 e. The first-order valence-corrected chi connectivity index (χ1v) is 7.22. The van der Waals surface area contributed by atoms with Gasteiger partial charge in [-0.2, -0.15) is 4.98 Å². The second-order valence-electron chi connectivity index (χ2n) is 3.44. The second-order valence-corrected chi connectivity index (χ2v) is 6.39. The molecule has 2 rings (SSSR count). The third-order valence-electron chi connectivity index (χ3n) is 2.20. The smallest absolute Gasteiger partial charge is 0.318 e. The van der Waals surface area contributed by atoms with Crippen molar-refractivity contribution < 1.29 is 4.74 Å². The molecule has 1 N–H and O–H groups in total. The summed E-state index contributed by atoms with van der Waals surface area (Å²) in [5, 5.41) is 3.66. The molecule has 0 amide bonds. The summed E-state index contributed by atoms with van der Waals surface area (Å²) in [6.45, 7) is 0.757. The zero-order valence-corrected chi connectivity index (χ0v) is 12.8. The number of aromatic nitrogens is 2. The van der Waals surface area contributed by atoms with Crippen LogP contribution in [-0.2, 0) is 6.42 Å². The number of halogens is 2. The summed E-state index contributed by atoms with van der Waals surface area (Å²) in [7, 11) is 1.52. The molecule has 0 saturated carbocycles. The number of methoxy groups -OCH3 is 1. The van der Waals surface area contributed by atoms with Gasteiger partial charge in [0.25, 0.3) is 0 Å². The fourth-order valence-electron chi connectivity index (χ4n) is 1.36. The highest BCUT2D eigenvalue weighted by atomic mass is 79.9. The summed E-state index contributed by atoms with van der Waals surface area (Å²) in [5.41, 5.74) is 0. The van der Waals surface area contributed by atoms with Crippen LogP contribution in [0.2, 0.25) is 5.02 Å². The number of anilines is 1. The van der Waals surface area contributed by atoms with Gasteiger partial charge in [-0.15, -0.1) is 11.3 Å². The average Bonchev–Trinajstić information content (AvgIpc) is 2.77. The lowest BCUT2D eigenvalue weighted by Crippen LogP contribution is -2.07. The molecule has 0 spiro atoms. The topological polar surface area (TPSA) is 47.0 Å². The van der Waals surface area contributed by atoms with Crippen molar-refractivity contribution in [2.45, 2.75) is 6.42 Å². The maximum absolute atomic E-state index is 5.99. The Morgan fingerprint density at radius 3 is 3.00 bits per heavy atom. The predicted molar refractivity (Wildman–Crippen MR) is 77.8 cm³/mol. The molecule has 2 aromatic rings. The van der Waals surface area contributed by atoms with E-state index < -0.39 is 0 Å². The number of nitrogens with one attached hydrogen (secondary N) is 1. The monoisotopic (exact) mass is 347 g/mol. The number of nitrogens with zero attached hydrogens (tertiary/aromatic N) is 2. The van der Waals surface area contributed by atoms with Crippen LogP contribution in [0.25, 0.3) is 0 Å². The van der Waals surface area contributed by atoms with Crippen molar-refractivity contribution in [3.63, 3.8) is 0 Å². The molecule has 18 heavy (non-hydrogen) atoms. The van der Waals surface area contributed by atoms with Crippen molar-refractivity contribution in [1.29, 1.82) is 0 Å². The number of ether oxygens (including phenoxy) is 1. The molecule has 0 bridgehead atoms. The lowest BCUT2D eigenvalue weighted by molar-refractivity contribution is 0.380. The van der Waals surface area contributed by atoms with Crippen molar-refractivity contribution in [2.75, 3.05) is 19.0 Å². The van der Waals surface area contributed by atoms with Crippen LogP contribution < -0.4 is 10.1 Å². The van der Waals surface area contributed by atoms with Crippen molar-refractivity contribution in [3.05, 3.63) is 32.0 Å². The molecule has 2 aromatic heterocycles. The highest BCUT2D eigenvalue weighted by Gasteiger charge is 2.05. The quantitative estimate of drug-likeness (QED) is 0.896. The van der Waals surface area contributed by atoms with Crippen LogP contribution in [0.1, 0.15) is 4.88 Å². The molecule has 0 aliphatic rings. The summed E-state index contributed by atoms with van der Waals surface area (Å²) >= 11 is 11.2. The summed E-state index contributed by atoms with van der Waals surface area (Å²) < 4.78 is 6.09. The molecule has 4 nitrogen and oxygen atoms in total. The first-order chi connectivity index (χ1) is 8.69. The molecule has 7 heteroatoms. The molecule has 96 valence electrons. The van der Waals surface area contributed by atoms with E-state index in [9.17, 15) is 0 Å². The van der Waals surface area contributed by atoms with E-state index in [-0.39, 0.29) is 0 Å². The van der Waals surface area contributed by atoms with Crippen molar-refractivity contribution in [1.82, 2.24) is 9.97 Å². The van der Waals surface area contributed by atoms with Gasteiger partial charge in [0.2, 0.25) is 0 Å². The van der Waals surface area contributed by atoms with E-state index in [2.05, 4.69) is 37.3 Å². The van der Waals surface area contributed by atoms with Gasteiger partial charge in [-0.05, 0) is 34.5 Å². The van der Waals surface area contributed by atoms with E-state index in [1.54, 1.807) is 11.3 Å². The van der Waals surface area contributed by atoms with Gasteiger partial charge in [0, 0.05) is 11.4 Å². The highest BCUT2D eigenvalue weighted by molar-refractivity contribution is 9.11. The SMILES string of the molecule is COc1ncc(Cl)c(NCCc2ccc(Br)s2)n1. The predicted octanol–water partition coefficient (Wildman–Crippen LogP) is 3.62. The van der Waals surface area contributed by atoms with Gasteiger partial charge in [0.15, 0.2) is 5.82 Å². The molecular weight excluding hydrogens is 338 g/mol. The minimum atomic E-state index is 0.306. The van der Waals surface area contributed by atoms with E-state index in [1.807, 2.05) is 6.07 Å². The van der Waals surface area contributed by atoms with E-state index in [4.69, 9.17) is 16.3 Å². The summed E-state index contributed by atoms with van der Waals surface area (Å²) in [6.07, 6.45) is 2.44. The van der Waals surface area contributed by atoms with Crippen LogP contribution in [-0.4, -0.2) is 23.6 Å². The van der Waals surface area contributed by atoms with E-state index in [0.717, 1.165) is 16.8 Å². The first-order valence-electron chi connectivity index (χ1n) is 5.23. The Balaban J connectivity index is 1.93. The first kappa shape index (κ1) is 13.6. The highest BCUT2D eigenvalue weighted by Crippen LogP contribution is 2.23. The van der Waals surface area contributed by atoms with Crippen LogP contribution in [0, 0.1) is 0 Å². The van der Waals surface area contributed by atoms with Gasteiger partial charge >= 0.3 is 6.01 Å². The summed E-state index contributed by atoms with van der Waals surface area (Å²) in [5.74, 6) is 0.596. The standard InChI is InChI=1S/C11H11BrClN3OS/c1-17-11-15-6-8(13)10(16-11)14-5-4-7-2-3-9(12)18-7/h2-3,6H,4-5H2,1H3,(H,14,15,16). The minimum absolute atomic E-state index is 0.306. The molecule has 0 aliphatic carbocycles. The Hall–Kier alpha value is -0.850. The van der Waals surface area contributed by atoms with Gasteiger partial charge in [0.05, 0.1) is 17.1 Å². The van der Waals surface area contributed by atoms with Crippen molar-refractivity contribution >= 4 is 44.7 Å². The van der Waals surface area contributed by atoms with Crippen LogP contribution in [0.3, 0.4) is 0 Å². The van der Waals surface area contributed by atoms with Crippen LogP contribution in [0.4, 0.5) is 5.82 Å². The molecule has 0 aromatic carbocycles.